The fraction of sp³-hybridized carbons (Fsp3) is 0.0652. The molecule has 0 aliphatic heterocycles. The van der Waals surface area contributed by atoms with Crippen molar-refractivity contribution >= 4 is 10.8 Å². The minimum absolute atomic E-state index is 0.456. The van der Waals surface area contributed by atoms with Gasteiger partial charge >= 0.3 is 0 Å². The fourth-order valence-electron chi connectivity index (χ4n) is 6.52. The molecule has 0 N–H and O–H groups in total. The molecule has 0 aliphatic rings. The van der Waals surface area contributed by atoms with Crippen molar-refractivity contribution in [2.45, 2.75) is 19.8 Å². The zero-order chi connectivity index (χ0) is 33.2. The van der Waals surface area contributed by atoms with Gasteiger partial charge < -0.3 is 0 Å². The number of fused-ring (bicyclic) bond motifs is 1. The molecule has 0 spiro atoms. The van der Waals surface area contributed by atoms with Crippen molar-refractivity contribution in [2.75, 3.05) is 0 Å². The zero-order valence-corrected chi connectivity index (χ0v) is 27.6. The van der Waals surface area contributed by atoms with Crippen molar-refractivity contribution in [2.24, 2.45) is 0 Å². The van der Waals surface area contributed by atoms with E-state index in [2.05, 4.69) is 172 Å². The van der Waals surface area contributed by atoms with Gasteiger partial charge in [0, 0.05) is 16.7 Å². The van der Waals surface area contributed by atoms with E-state index in [-0.39, 0.29) is 0 Å². The van der Waals surface area contributed by atoms with Gasteiger partial charge in [-0.1, -0.05) is 184 Å². The Bertz CT molecular complexity index is 2260. The maximum absolute atomic E-state index is 5.03. The summed E-state index contributed by atoms with van der Waals surface area (Å²) in [6.45, 7) is 4.51. The topological polar surface area (TPSA) is 38.7 Å². The summed E-state index contributed by atoms with van der Waals surface area (Å²) in [6, 6.07) is 59.6. The Kier molecular flexibility index (Phi) is 8.09. The van der Waals surface area contributed by atoms with Gasteiger partial charge in [0.15, 0.2) is 17.5 Å². The molecule has 0 aliphatic carbocycles. The smallest absolute Gasteiger partial charge is 0.164 e. The second-order valence-corrected chi connectivity index (χ2v) is 12.7. The van der Waals surface area contributed by atoms with Crippen molar-refractivity contribution in [1.82, 2.24) is 15.0 Å². The predicted octanol–water partition coefficient (Wildman–Crippen LogP) is 12.2. The summed E-state index contributed by atoms with van der Waals surface area (Å²) >= 11 is 0. The molecule has 49 heavy (non-hydrogen) atoms. The molecular weight excluding hydrogens is 595 g/mol. The monoisotopic (exact) mass is 629 g/mol. The number of hydrogen-bond donors (Lipinski definition) is 0. The van der Waals surface area contributed by atoms with Crippen LogP contribution in [0.4, 0.5) is 0 Å². The Morgan fingerprint density at radius 2 is 0.653 bits per heavy atom. The molecule has 0 radical (unpaired) electrons. The molecule has 3 heteroatoms. The van der Waals surface area contributed by atoms with Crippen LogP contribution < -0.4 is 0 Å². The van der Waals surface area contributed by atoms with Gasteiger partial charge in [0.25, 0.3) is 0 Å². The maximum Gasteiger partial charge on any atom is 0.164 e. The summed E-state index contributed by atoms with van der Waals surface area (Å²) in [5.74, 6) is 2.39. The number of benzene rings is 7. The highest BCUT2D eigenvalue weighted by Gasteiger charge is 2.15. The third-order valence-corrected chi connectivity index (χ3v) is 9.17. The van der Waals surface area contributed by atoms with Gasteiger partial charge in [-0.25, -0.2) is 15.0 Å². The first-order valence-corrected chi connectivity index (χ1v) is 16.8. The van der Waals surface area contributed by atoms with Crippen LogP contribution in [0.3, 0.4) is 0 Å². The van der Waals surface area contributed by atoms with E-state index >= 15 is 0 Å². The van der Waals surface area contributed by atoms with Crippen LogP contribution in [0.2, 0.25) is 0 Å². The molecule has 0 atom stereocenters. The molecule has 0 saturated heterocycles. The Labute approximate surface area is 287 Å². The second kappa shape index (κ2) is 13.1. The lowest BCUT2D eigenvalue weighted by Crippen LogP contribution is -2.00. The van der Waals surface area contributed by atoms with E-state index in [1.165, 1.54) is 33.0 Å². The molecule has 0 saturated carbocycles. The maximum atomic E-state index is 5.03. The highest BCUT2D eigenvalue weighted by Crippen LogP contribution is 2.35. The molecule has 7 aromatic carbocycles. The summed E-state index contributed by atoms with van der Waals surface area (Å²) in [7, 11) is 0. The van der Waals surface area contributed by atoms with Crippen molar-refractivity contribution in [1.29, 1.82) is 0 Å². The van der Waals surface area contributed by atoms with E-state index in [4.69, 9.17) is 15.0 Å². The zero-order valence-electron chi connectivity index (χ0n) is 27.6. The van der Waals surface area contributed by atoms with Crippen LogP contribution in [0.1, 0.15) is 25.3 Å². The normalized spacial score (nSPS) is 11.2. The van der Waals surface area contributed by atoms with Gasteiger partial charge in [-0.15, -0.1) is 0 Å². The van der Waals surface area contributed by atoms with Crippen molar-refractivity contribution in [3.8, 4) is 67.5 Å². The number of aromatic nitrogens is 3. The molecule has 0 amide bonds. The lowest BCUT2D eigenvalue weighted by atomic mass is 9.90. The van der Waals surface area contributed by atoms with Crippen LogP contribution in [-0.4, -0.2) is 15.0 Å². The third kappa shape index (κ3) is 6.15. The summed E-state index contributed by atoms with van der Waals surface area (Å²) < 4.78 is 0. The number of hydrogen-bond acceptors (Lipinski definition) is 3. The molecule has 234 valence electrons. The molecule has 8 rings (SSSR count). The van der Waals surface area contributed by atoms with Gasteiger partial charge in [-0.2, -0.15) is 0 Å². The van der Waals surface area contributed by atoms with E-state index in [1.54, 1.807) is 0 Å². The van der Waals surface area contributed by atoms with Crippen LogP contribution in [0.25, 0.3) is 78.3 Å². The van der Waals surface area contributed by atoms with Crippen LogP contribution in [0, 0.1) is 0 Å². The highest BCUT2D eigenvalue weighted by molar-refractivity contribution is 5.99. The summed E-state index contributed by atoms with van der Waals surface area (Å²) in [4.78, 5) is 15.1. The molecule has 8 aromatic rings. The average molecular weight is 630 g/mol. The Balaban J connectivity index is 1.19. The van der Waals surface area contributed by atoms with Crippen LogP contribution >= 0.6 is 0 Å². The van der Waals surface area contributed by atoms with E-state index in [1.807, 2.05) is 12.1 Å². The molecule has 0 fully saturated rings. The van der Waals surface area contributed by atoms with E-state index in [0.717, 1.165) is 33.4 Å². The van der Waals surface area contributed by atoms with Gasteiger partial charge in [0.05, 0.1) is 0 Å². The minimum atomic E-state index is 0.456. The van der Waals surface area contributed by atoms with Gasteiger partial charge in [0.1, 0.15) is 0 Å². The molecule has 0 bridgehead atoms. The lowest BCUT2D eigenvalue weighted by molar-refractivity contribution is 0.876. The fourth-order valence-corrected chi connectivity index (χ4v) is 6.52. The standard InChI is InChI=1S/C46H35N3/c1-31(2)40-29-30-41(43-16-10-9-15-42(40)43)36-21-27-39(28-22-36)46-48-44(37-23-17-34(18-24-37)32-11-5-3-6-12-32)47-45(49-46)38-25-19-35(20-26-38)33-13-7-4-8-14-33/h3-31H,1-2H3. The van der Waals surface area contributed by atoms with Crippen LogP contribution in [-0.2, 0) is 0 Å². The summed E-state index contributed by atoms with van der Waals surface area (Å²) in [5, 5.41) is 2.58. The van der Waals surface area contributed by atoms with Gasteiger partial charge in [-0.05, 0) is 55.6 Å². The van der Waals surface area contributed by atoms with E-state index < -0.39 is 0 Å². The molecule has 0 unspecified atom stereocenters. The predicted molar refractivity (Wildman–Crippen MR) is 204 cm³/mol. The summed E-state index contributed by atoms with van der Waals surface area (Å²) in [5.41, 5.74) is 11.2. The van der Waals surface area contributed by atoms with Gasteiger partial charge in [0.2, 0.25) is 0 Å². The number of rotatable bonds is 7. The van der Waals surface area contributed by atoms with Crippen molar-refractivity contribution < 1.29 is 0 Å². The second-order valence-electron chi connectivity index (χ2n) is 12.7. The van der Waals surface area contributed by atoms with E-state index in [0.29, 0.717) is 23.4 Å². The van der Waals surface area contributed by atoms with Crippen LogP contribution in [0.5, 0.6) is 0 Å². The quantitative estimate of drug-likeness (QED) is 0.176. The molecule has 3 nitrogen and oxygen atoms in total. The Morgan fingerprint density at radius 1 is 0.306 bits per heavy atom. The average Bonchev–Trinajstić information content (AvgIpc) is 3.18. The number of nitrogens with zero attached hydrogens (tertiary/aromatic N) is 3. The molecule has 1 heterocycles. The Hall–Kier alpha value is -6.19. The van der Waals surface area contributed by atoms with Crippen molar-refractivity contribution in [3.63, 3.8) is 0 Å². The minimum Gasteiger partial charge on any atom is -0.208 e. The Morgan fingerprint density at radius 3 is 1.08 bits per heavy atom. The van der Waals surface area contributed by atoms with Crippen LogP contribution in [0.15, 0.2) is 170 Å². The first kappa shape index (κ1) is 30.2. The molecular formula is C46H35N3. The van der Waals surface area contributed by atoms with E-state index in [9.17, 15) is 0 Å². The van der Waals surface area contributed by atoms with Gasteiger partial charge in [-0.3, -0.25) is 0 Å². The highest BCUT2D eigenvalue weighted by atomic mass is 15.0. The summed E-state index contributed by atoms with van der Waals surface area (Å²) in [6.07, 6.45) is 0. The largest absolute Gasteiger partial charge is 0.208 e. The first-order valence-electron chi connectivity index (χ1n) is 16.8. The van der Waals surface area contributed by atoms with Crippen molar-refractivity contribution in [3.05, 3.63) is 175 Å². The third-order valence-electron chi connectivity index (χ3n) is 9.17. The lowest BCUT2D eigenvalue weighted by Gasteiger charge is -2.14. The first-order chi connectivity index (χ1) is 24.1. The SMILES string of the molecule is CC(C)c1ccc(-c2ccc(-c3nc(-c4ccc(-c5ccccc5)cc4)nc(-c4ccc(-c5ccccc5)cc4)n3)cc2)c2ccccc12. The molecule has 1 aromatic heterocycles.